The predicted molar refractivity (Wildman–Crippen MR) is 69.5 cm³/mol. The van der Waals surface area contributed by atoms with E-state index in [-0.39, 0.29) is 0 Å². The molecule has 0 aromatic heterocycles. The molecule has 13 heavy (non-hydrogen) atoms. The molecule has 86 valence electrons. The third-order valence-corrected chi connectivity index (χ3v) is 1.99. The second-order valence-corrected chi connectivity index (χ2v) is 3.23. The van der Waals surface area contributed by atoms with Gasteiger partial charge in [-0.15, -0.1) is 9.24 Å². The van der Waals surface area contributed by atoms with Crippen LogP contribution in [0.5, 0.6) is 0 Å². The van der Waals surface area contributed by atoms with Crippen LogP contribution in [-0.2, 0) is 0 Å². The number of hydrogen-bond donors (Lipinski definition) is 1. The van der Waals surface area contributed by atoms with Gasteiger partial charge in [-0.25, -0.2) is 0 Å². The minimum atomic E-state index is 0.852. The second kappa shape index (κ2) is 39.4. The predicted octanol–water partition coefficient (Wildman–Crippen LogP) is 4.10. The summed E-state index contributed by atoms with van der Waals surface area (Å²) in [5.74, 6) is 0. The molecule has 2 heteroatoms. The van der Waals surface area contributed by atoms with Crippen molar-refractivity contribution in [2.24, 2.45) is 0 Å². The quantitative estimate of drug-likeness (QED) is 0.680. The molecule has 0 aliphatic heterocycles. The maximum Gasteiger partial charge on any atom is 0.0319 e. The fraction of sp³-hybridized carbons (Fsp3) is 1.00. The van der Waals surface area contributed by atoms with Crippen LogP contribution in [0.3, 0.4) is 0 Å². The largest absolute Gasteiger partial charge is 0.400 e. The van der Waals surface area contributed by atoms with Crippen molar-refractivity contribution in [2.45, 2.75) is 66.5 Å². The van der Waals surface area contributed by atoms with Crippen LogP contribution in [0.4, 0.5) is 0 Å². The zero-order chi connectivity index (χ0) is 11.7. The van der Waals surface area contributed by atoms with E-state index in [4.69, 9.17) is 5.11 Å². The Morgan fingerprint density at radius 1 is 0.923 bits per heavy atom. The Bertz CT molecular complexity index is 37.1. The maximum absolute atomic E-state index is 7.00. The molecule has 0 bridgehead atoms. The van der Waals surface area contributed by atoms with Crippen molar-refractivity contribution in [3.63, 3.8) is 0 Å². The van der Waals surface area contributed by atoms with Gasteiger partial charge < -0.3 is 5.11 Å². The fourth-order valence-corrected chi connectivity index (χ4v) is 0.289. The van der Waals surface area contributed by atoms with Gasteiger partial charge in [0.1, 0.15) is 0 Å². The summed E-state index contributed by atoms with van der Waals surface area (Å²) in [5.41, 5.74) is 0.852. The lowest BCUT2D eigenvalue weighted by atomic mass is 10.3. The van der Waals surface area contributed by atoms with E-state index in [9.17, 15) is 0 Å². The first-order chi connectivity index (χ1) is 6.22. The van der Waals surface area contributed by atoms with E-state index in [1.807, 2.05) is 13.8 Å². The summed E-state index contributed by atoms with van der Waals surface area (Å²) in [7, 11) is 3.81. The lowest BCUT2D eigenvalue weighted by Crippen LogP contribution is -1.88. The van der Waals surface area contributed by atoms with Crippen molar-refractivity contribution in [1.82, 2.24) is 0 Å². The van der Waals surface area contributed by atoms with E-state index >= 15 is 0 Å². The summed E-state index contributed by atoms with van der Waals surface area (Å²) in [6, 6.07) is 0. The van der Waals surface area contributed by atoms with Gasteiger partial charge in [-0.1, -0.05) is 48.0 Å². The van der Waals surface area contributed by atoms with Crippen molar-refractivity contribution in [2.75, 3.05) is 7.11 Å². The molecule has 0 heterocycles. The number of aliphatic hydroxyl groups excluding tert-OH is 1. The van der Waals surface area contributed by atoms with Crippen LogP contribution in [0.1, 0.15) is 60.8 Å². The van der Waals surface area contributed by atoms with Gasteiger partial charge in [0.2, 0.25) is 0 Å². The molecule has 0 radical (unpaired) electrons. The minimum absolute atomic E-state index is 0.852. The molecule has 0 aliphatic carbocycles. The van der Waals surface area contributed by atoms with Gasteiger partial charge >= 0.3 is 0 Å². The van der Waals surface area contributed by atoms with E-state index in [1.165, 1.54) is 19.3 Å². The van der Waals surface area contributed by atoms with E-state index < -0.39 is 0 Å². The second-order valence-electron chi connectivity index (χ2n) is 2.28. The monoisotopic (exact) mass is 210 g/mol. The molecule has 0 saturated heterocycles. The van der Waals surface area contributed by atoms with Crippen LogP contribution in [-0.4, -0.2) is 17.9 Å². The molecule has 1 atom stereocenters. The van der Waals surface area contributed by atoms with Crippen molar-refractivity contribution < 1.29 is 5.11 Å². The van der Waals surface area contributed by atoms with Gasteiger partial charge in [0.25, 0.3) is 0 Å². The zero-order valence-electron chi connectivity index (χ0n) is 10.7. The molecule has 0 fully saturated rings. The van der Waals surface area contributed by atoms with E-state index in [0.29, 0.717) is 0 Å². The minimum Gasteiger partial charge on any atom is -0.400 e. The molecular formula is C11H31OP. The Hall–Kier alpha value is 0.390. The van der Waals surface area contributed by atoms with Crippen LogP contribution in [0.15, 0.2) is 0 Å². The molecule has 0 spiro atoms. The highest BCUT2D eigenvalue weighted by atomic mass is 31.0. The summed E-state index contributed by atoms with van der Waals surface area (Å²) in [4.78, 5) is 0. The first kappa shape index (κ1) is 23.3. The van der Waals surface area contributed by atoms with Crippen LogP contribution in [0, 0.1) is 0 Å². The smallest absolute Gasteiger partial charge is 0.0319 e. The molecule has 0 aromatic rings. The van der Waals surface area contributed by atoms with Gasteiger partial charge in [-0.2, -0.15) is 0 Å². The van der Waals surface area contributed by atoms with Crippen LogP contribution < -0.4 is 0 Å². The van der Waals surface area contributed by atoms with Crippen molar-refractivity contribution in [3.8, 4) is 0 Å². The third kappa shape index (κ3) is 69.4. The summed E-state index contributed by atoms with van der Waals surface area (Å²) in [6.45, 7) is 12.7. The highest BCUT2D eigenvalue weighted by Gasteiger charge is 1.88. The van der Waals surface area contributed by atoms with E-state index in [1.54, 1.807) is 0 Å². The fourth-order valence-electron chi connectivity index (χ4n) is 0.289. The van der Waals surface area contributed by atoms with Crippen LogP contribution >= 0.6 is 9.24 Å². The molecule has 0 aliphatic rings. The molecule has 1 nitrogen and oxygen atoms in total. The normalized spacial score (nSPS) is 6.92. The summed E-state index contributed by atoms with van der Waals surface area (Å²) < 4.78 is 0. The topological polar surface area (TPSA) is 20.2 Å². The number of rotatable bonds is 2. The molecule has 0 amide bonds. The third-order valence-electron chi connectivity index (χ3n) is 1.05. The lowest BCUT2D eigenvalue weighted by Gasteiger charge is -1.98. The Labute approximate surface area is 88.5 Å². The summed E-state index contributed by atoms with van der Waals surface area (Å²) in [6.07, 6.45) is 3.84. The lowest BCUT2D eigenvalue weighted by molar-refractivity contribution is 0.399. The number of aliphatic hydroxyl groups is 1. The molecule has 0 saturated carbocycles. The molecule has 0 aromatic carbocycles. The first-order valence-corrected chi connectivity index (χ1v) is 6.09. The SMILES string of the molecule is CC.CCC.CCC(P)CC.CO. The number of hydrogen-bond acceptors (Lipinski definition) is 1. The zero-order valence-corrected chi connectivity index (χ0v) is 11.9. The van der Waals surface area contributed by atoms with E-state index in [0.717, 1.165) is 12.8 Å². The Morgan fingerprint density at radius 3 is 1.08 bits per heavy atom. The highest BCUT2D eigenvalue weighted by Crippen LogP contribution is 2.06. The van der Waals surface area contributed by atoms with Gasteiger partial charge in [0, 0.05) is 7.11 Å². The Balaban J connectivity index is -0.0000000493. The average molecular weight is 210 g/mol. The molecular weight excluding hydrogens is 179 g/mol. The van der Waals surface area contributed by atoms with Gasteiger partial charge in [-0.05, 0) is 18.5 Å². The summed E-state index contributed by atoms with van der Waals surface area (Å²) in [5, 5.41) is 7.00. The standard InChI is InChI=1S/C5H13P.C3H8.C2H6.CH4O/c1-3-5(6)4-2;1-3-2;2*1-2/h5H,3-4,6H2,1-2H3;3H2,1-2H3;1-2H3;2H,1H3. The van der Waals surface area contributed by atoms with Gasteiger partial charge in [-0.3, -0.25) is 0 Å². The van der Waals surface area contributed by atoms with E-state index in [2.05, 4.69) is 36.9 Å². The molecule has 1 unspecified atom stereocenters. The van der Waals surface area contributed by atoms with Crippen LogP contribution in [0.25, 0.3) is 0 Å². The van der Waals surface area contributed by atoms with Gasteiger partial charge in [0.15, 0.2) is 0 Å². The Morgan fingerprint density at radius 2 is 1.08 bits per heavy atom. The highest BCUT2D eigenvalue weighted by molar-refractivity contribution is 7.17. The first-order valence-electron chi connectivity index (χ1n) is 5.43. The van der Waals surface area contributed by atoms with Crippen molar-refractivity contribution in [1.29, 1.82) is 0 Å². The summed E-state index contributed by atoms with van der Waals surface area (Å²) >= 11 is 0. The maximum atomic E-state index is 7.00. The molecule has 1 N–H and O–H groups in total. The molecule has 0 rings (SSSR count). The van der Waals surface area contributed by atoms with Crippen molar-refractivity contribution in [3.05, 3.63) is 0 Å². The van der Waals surface area contributed by atoms with Crippen LogP contribution in [0.2, 0.25) is 0 Å². The average Bonchev–Trinajstić information content (AvgIpc) is 2.24. The Kier molecular flexibility index (Phi) is 70.6. The van der Waals surface area contributed by atoms with Gasteiger partial charge in [0.05, 0.1) is 0 Å². The van der Waals surface area contributed by atoms with Crippen molar-refractivity contribution >= 4 is 9.24 Å².